The molecule has 1 amide bonds. The van der Waals surface area contributed by atoms with E-state index in [1.165, 1.54) is 24.2 Å². The second-order valence-electron chi connectivity index (χ2n) is 5.32. The van der Waals surface area contributed by atoms with Crippen LogP contribution in [0.4, 0.5) is 5.69 Å². The molecule has 21 heavy (non-hydrogen) atoms. The number of amides is 1. The Balaban J connectivity index is 1.62. The minimum Gasteiger partial charge on any atom is -0.397 e. The van der Waals surface area contributed by atoms with Crippen LogP contribution in [0, 0.1) is 0 Å². The molecule has 0 saturated heterocycles. The zero-order valence-electron chi connectivity index (χ0n) is 12.1. The fraction of sp³-hybridized carbons (Fsp3) is 0.467. The monoisotopic (exact) mass is 304 g/mol. The molecule has 0 radical (unpaired) electrons. The number of nitrogen functional groups attached to an aromatic ring is 1. The lowest BCUT2D eigenvalue weighted by molar-refractivity contribution is 0.0953. The molecule has 0 aromatic carbocycles. The van der Waals surface area contributed by atoms with Gasteiger partial charge in [-0.2, -0.15) is 0 Å². The number of carbonyl (C=O) groups is 1. The van der Waals surface area contributed by atoms with Gasteiger partial charge in [0.2, 0.25) is 0 Å². The van der Waals surface area contributed by atoms with Crippen LogP contribution in [0.15, 0.2) is 18.3 Å². The van der Waals surface area contributed by atoms with Gasteiger partial charge in [0.05, 0.1) is 5.69 Å². The van der Waals surface area contributed by atoms with E-state index < -0.39 is 0 Å². The Morgan fingerprint density at radius 1 is 1.57 bits per heavy atom. The van der Waals surface area contributed by atoms with Gasteiger partial charge in [-0.1, -0.05) is 6.92 Å². The van der Waals surface area contributed by atoms with Gasteiger partial charge in [0.15, 0.2) is 0 Å². The molecule has 3 N–H and O–H groups in total. The maximum Gasteiger partial charge on any atom is 0.263 e. The zero-order chi connectivity index (χ0) is 14.8. The summed E-state index contributed by atoms with van der Waals surface area (Å²) in [5, 5.41) is 3.83. The maximum atomic E-state index is 12.3. The molecule has 1 saturated carbocycles. The fourth-order valence-electron chi connectivity index (χ4n) is 2.55. The van der Waals surface area contributed by atoms with E-state index in [1.54, 1.807) is 6.20 Å². The summed E-state index contributed by atoms with van der Waals surface area (Å²) in [7, 11) is 0. The Labute approximate surface area is 128 Å². The van der Waals surface area contributed by atoms with Gasteiger partial charge < -0.3 is 11.1 Å². The predicted octanol–water partition coefficient (Wildman–Crippen LogP) is 2.09. The molecule has 1 aliphatic rings. The second kappa shape index (κ2) is 5.99. The Hall–Kier alpha value is -1.66. The molecule has 5 nitrogen and oxygen atoms in total. The first-order chi connectivity index (χ1) is 10.2. The van der Waals surface area contributed by atoms with Crippen LogP contribution in [-0.2, 0) is 0 Å². The summed E-state index contributed by atoms with van der Waals surface area (Å²) in [5.41, 5.74) is 6.59. The van der Waals surface area contributed by atoms with Crippen LogP contribution >= 0.6 is 11.3 Å². The Bertz CT molecular complexity index is 650. The summed E-state index contributed by atoms with van der Waals surface area (Å²) in [5.74, 6) is -0.0950. The van der Waals surface area contributed by atoms with E-state index in [9.17, 15) is 4.79 Å². The third-order valence-corrected chi connectivity index (χ3v) is 4.99. The van der Waals surface area contributed by atoms with Gasteiger partial charge >= 0.3 is 0 Å². The molecule has 6 heteroatoms. The van der Waals surface area contributed by atoms with E-state index in [1.807, 2.05) is 12.1 Å². The molecule has 1 fully saturated rings. The quantitative estimate of drug-likeness (QED) is 0.857. The lowest BCUT2D eigenvalue weighted by atomic mass is 10.2. The van der Waals surface area contributed by atoms with Crippen LogP contribution in [0.3, 0.4) is 0 Å². The third kappa shape index (κ3) is 3.01. The number of rotatable bonds is 6. The molecule has 2 aromatic rings. The van der Waals surface area contributed by atoms with E-state index in [2.05, 4.69) is 22.1 Å². The van der Waals surface area contributed by atoms with Crippen molar-refractivity contribution in [3.05, 3.63) is 23.2 Å². The largest absolute Gasteiger partial charge is 0.397 e. The highest BCUT2D eigenvalue weighted by atomic mass is 32.1. The van der Waals surface area contributed by atoms with Gasteiger partial charge in [-0.05, 0) is 31.5 Å². The zero-order valence-corrected chi connectivity index (χ0v) is 12.9. The van der Waals surface area contributed by atoms with Gasteiger partial charge in [0.25, 0.3) is 5.91 Å². The van der Waals surface area contributed by atoms with Crippen LogP contribution in [0.25, 0.3) is 10.2 Å². The molecule has 0 unspecified atom stereocenters. The van der Waals surface area contributed by atoms with Crippen molar-refractivity contribution in [3.63, 3.8) is 0 Å². The molecular weight excluding hydrogens is 284 g/mol. The number of fused-ring (bicyclic) bond motifs is 1. The molecule has 112 valence electrons. The summed E-state index contributed by atoms with van der Waals surface area (Å²) in [4.78, 5) is 20.3. The van der Waals surface area contributed by atoms with E-state index in [-0.39, 0.29) is 5.91 Å². The minimum atomic E-state index is -0.0950. The lowest BCUT2D eigenvalue weighted by Gasteiger charge is -2.19. The van der Waals surface area contributed by atoms with Gasteiger partial charge in [0.1, 0.15) is 9.71 Å². The Morgan fingerprint density at radius 2 is 2.38 bits per heavy atom. The first-order valence-corrected chi connectivity index (χ1v) is 8.17. The number of hydrogen-bond donors (Lipinski definition) is 2. The molecule has 0 bridgehead atoms. The topological polar surface area (TPSA) is 71.2 Å². The summed E-state index contributed by atoms with van der Waals surface area (Å²) in [6.45, 7) is 4.76. The molecular formula is C15H20N4OS. The number of nitrogens with one attached hydrogen (secondary N) is 1. The lowest BCUT2D eigenvalue weighted by Crippen LogP contribution is -2.36. The number of thiophene rings is 1. The molecule has 0 aliphatic heterocycles. The smallest absolute Gasteiger partial charge is 0.263 e. The van der Waals surface area contributed by atoms with Crippen LogP contribution in [0.2, 0.25) is 0 Å². The predicted molar refractivity (Wildman–Crippen MR) is 86.6 cm³/mol. The molecule has 0 spiro atoms. The van der Waals surface area contributed by atoms with Crippen LogP contribution in [-0.4, -0.2) is 41.5 Å². The highest BCUT2D eigenvalue weighted by Crippen LogP contribution is 2.31. The number of pyridine rings is 1. The van der Waals surface area contributed by atoms with Gasteiger partial charge in [-0.15, -0.1) is 11.3 Å². The van der Waals surface area contributed by atoms with Crippen molar-refractivity contribution < 1.29 is 4.79 Å². The van der Waals surface area contributed by atoms with Crippen LogP contribution < -0.4 is 11.1 Å². The van der Waals surface area contributed by atoms with E-state index in [0.29, 0.717) is 17.1 Å². The van der Waals surface area contributed by atoms with Crippen molar-refractivity contribution in [1.29, 1.82) is 0 Å². The molecule has 2 heterocycles. The minimum absolute atomic E-state index is 0.0950. The maximum absolute atomic E-state index is 12.3. The average molecular weight is 304 g/mol. The average Bonchev–Trinajstić information content (AvgIpc) is 3.28. The number of likely N-dealkylation sites (N-methyl/N-ethyl adjacent to an activating group) is 1. The summed E-state index contributed by atoms with van der Waals surface area (Å²) in [6, 6.07) is 4.46. The highest BCUT2D eigenvalue weighted by molar-refractivity contribution is 7.21. The summed E-state index contributed by atoms with van der Waals surface area (Å²) < 4.78 is 0. The van der Waals surface area contributed by atoms with E-state index in [0.717, 1.165) is 29.3 Å². The molecule has 1 aliphatic carbocycles. The third-order valence-electron chi connectivity index (χ3n) is 3.86. The SMILES string of the molecule is CCN(CCNC(=O)c1sc2ncccc2c1N)C1CC1. The molecule has 2 aromatic heterocycles. The van der Waals surface area contributed by atoms with Crippen molar-refractivity contribution in [2.45, 2.75) is 25.8 Å². The van der Waals surface area contributed by atoms with Crippen molar-refractivity contribution in [2.75, 3.05) is 25.4 Å². The first-order valence-electron chi connectivity index (χ1n) is 7.36. The van der Waals surface area contributed by atoms with Gasteiger partial charge in [0, 0.05) is 30.7 Å². The van der Waals surface area contributed by atoms with Crippen molar-refractivity contribution in [2.24, 2.45) is 0 Å². The molecule has 3 rings (SSSR count). The highest BCUT2D eigenvalue weighted by Gasteiger charge is 2.27. The van der Waals surface area contributed by atoms with Crippen molar-refractivity contribution >= 4 is 33.1 Å². The second-order valence-corrected chi connectivity index (χ2v) is 6.32. The number of nitrogens with two attached hydrogens (primary N) is 1. The Kier molecular flexibility index (Phi) is 4.07. The standard InChI is InChI=1S/C15H20N4OS/c1-2-19(10-5-6-10)9-8-17-14(20)13-12(16)11-4-3-7-18-15(11)21-13/h3-4,7,10H,2,5-6,8-9,16H2,1H3,(H,17,20). The van der Waals surface area contributed by atoms with Crippen LogP contribution in [0.1, 0.15) is 29.4 Å². The van der Waals surface area contributed by atoms with Crippen molar-refractivity contribution in [3.8, 4) is 0 Å². The summed E-state index contributed by atoms with van der Waals surface area (Å²) in [6.07, 6.45) is 4.29. The number of hydrogen-bond acceptors (Lipinski definition) is 5. The molecule has 0 atom stereocenters. The number of carbonyl (C=O) groups excluding carboxylic acids is 1. The van der Waals surface area contributed by atoms with Crippen LogP contribution in [0.5, 0.6) is 0 Å². The number of nitrogens with zero attached hydrogens (tertiary/aromatic N) is 2. The van der Waals surface area contributed by atoms with Gasteiger partial charge in [-0.25, -0.2) is 4.98 Å². The Morgan fingerprint density at radius 3 is 3.05 bits per heavy atom. The first kappa shape index (κ1) is 14.3. The summed E-state index contributed by atoms with van der Waals surface area (Å²) >= 11 is 1.35. The fourth-order valence-corrected chi connectivity index (χ4v) is 3.53. The number of anilines is 1. The van der Waals surface area contributed by atoms with Crippen molar-refractivity contribution in [1.82, 2.24) is 15.2 Å². The van der Waals surface area contributed by atoms with E-state index in [4.69, 9.17) is 5.73 Å². The van der Waals surface area contributed by atoms with Gasteiger partial charge in [-0.3, -0.25) is 9.69 Å². The van der Waals surface area contributed by atoms with E-state index >= 15 is 0 Å². The normalized spacial score (nSPS) is 14.8. The number of aromatic nitrogens is 1.